The number of amides is 2. The molecule has 1 aromatic heterocycles. The van der Waals surface area contributed by atoms with Crippen LogP contribution in [0, 0.1) is 12.7 Å². The summed E-state index contributed by atoms with van der Waals surface area (Å²) in [6, 6.07) is 21.2. The van der Waals surface area contributed by atoms with Gasteiger partial charge in [-0.1, -0.05) is 30.3 Å². The van der Waals surface area contributed by atoms with E-state index in [2.05, 4.69) is 15.2 Å². The fraction of sp³-hybridized carbons (Fsp3) is 0.154. The lowest BCUT2D eigenvalue weighted by molar-refractivity contribution is -0.113. The van der Waals surface area contributed by atoms with Gasteiger partial charge >= 0.3 is 0 Å². The second-order valence-corrected chi connectivity index (χ2v) is 8.69. The van der Waals surface area contributed by atoms with Crippen molar-refractivity contribution >= 4 is 40.2 Å². The van der Waals surface area contributed by atoms with Crippen molar-refractivity contribution in [3.8, 4) is 0 Å². The summed E-state index contributed by atoms with van der Waals surface area (Å²) in [6.45, 7) is 2.98. The first-order valence-electron chi connectivity index (χ1n) is 10.6. The van der Waals surface area contributed by atoms with Crippen molar-refractivity contribution < 1.29 is 14.0 Å². The lowest BCUT2D eigenvalue weighted by atomic mass is 10.2. The number of fused-ring (bicyclic) bond motifs is 1. The van der Waals surface area contributed by atoms with Gasteiger partial charge < -0.3 is 15.2 Å². The van der Waals surface area contributed by atoms with Crippen LogP contribution in [0.5, 0.6) is 0 Å². The molecule has 4 rings (SSSR count). The molecular weight excluding hydrogens is 437 g/mol. The Balaban J connectivity index is 1.38. The number of aromatic nitrogens is 1. The molecule has 0 aliphatic rings. The summed E-state index contributed by atoms with van der Waals surface area (Å²) in [5.41, 5.74) is 3.34. The number of anilines is 1. The molecule has 0 saturated heterocycles. The second kappa shape index (κ2) is 10.4. The quantitative estimate of drug-likeness (QED) is 0.352. The minimum atomic E-state index is -0.372. The van der Waals surface area contributed by atoms with Crippen molar-refractivity contribution in [1.82, 2.24) is 9.88 Å². The number of hydrogen-bond donors (Lipinski definition) is 2. The van der Waals surface area contributed by atoms with Gasteiger partial charge in [-0.15, -0.1) is 11.8 Å². The third-order valence-corrected chi connectivity index (χ3v) is 6.20. The van der Waals surface area contributed by atoms with E-state index in [9.17, 15) is 14.0 Å². The molecule has 5 nitrogen and oxygen atoms in total. The van der Waals surface area contributed by atoms with Crippen LogP contribution in [0.1, 0.15) is 15.9 Å². The van der Waals surface area contributed by atoms with Crippen LogP contribution >= 0.6 is 11.8 Å². The van der Waals surface area contributed by atoms with Gasteiger partial charge in [0.25, 0.3) is 5.91 Å². The number of nitrogens with zero attached hydrogens (tertiary/aromatic N) is 1. The first-order valence-corrected chi connectivity index (χ1v) is 11.6. The van der Waals surface area contributed by atoms with Gasteiger partial charge in [0.1, 0.15) is 5.82 Å². The van der Waals surface area contributed by atoms with E-state index >= 15 is 0 Å². The van der Waals surface area contributed by atoms with Gasteiger partial charge in [0, 0.05) is 46.3 Å². The molecule has 2 N–H and O–H groups in total. The highest BCUT2D eigenvalue weighted by Crippen LogP contribution is 2.30. The summed E-state index contributed by atoms with van der Waals surface area (Å²) in [5, 5.41) is 6.87. The number of carbonyl (C=O) groups excluding carboxylic acids is 2. The molecular formula is C26H24FN3O2S. The minimum absolute atomic E-state index is 0.0611. The Bertz CT molecular complexity index is 1280. The van der Waals surface area contributed by atoms with Crippen molar-refractivity contribution in [2.24, 2.45) is 0 Å². The molecule has 3 aromatic carbocycles. The summed E-state index contributed by atoms with van der Waals surface area (Å²) in [7, 11) is 0. The molecule has 0 fully saturated rings. The molecule has 0 bridgehead atoms. The SMILES string of the molecule is Cc1cccc(NC(=O)CSc2cn(CCNC(=O)c3ccc(F)cc3)c3ccccc23)c1. The summed E-state index contributed by atoms with van der Waals surface area (Å²) in [4.78, 5) is 25.7. The smallest absolute Gasteiger partial charge is 0.251 e. The Hall–Kier alpha value is -3.58. The van der Waals surface area contributed by atoms with Crippen LogP contribution in [0.15, 0.2) is 83.9 Å². The predicted molar refractivity (Wildman–Crippen MR) is 131 cm³/mol. The van der Waals surface area contributed by atoms with Crippen molar-refractivity contribution in [2.45, 2.75) is 18.4 Å². The first kappa shape index (κ1) is 22.6. The summed E-state index contributed by atoms with van der Waals surface area (Å²) >= 11 is 1.48. The number of nitrogens with one attached hydrogen (secondary N) is 2. The average molecular weight is 462 g/mol. The normalized spacial score (nSPS) is 10.8. The third-order valence-electron chi connectivity index (χ3n) is 5.16. The molecule has 1 heterocycles. The molecule has 4 aromatic rings. The Morgan fingerprint density at radius 2 is 1.79 bits per heavy atom. The number of hydrogen-bond acceptors (Lipinski definition) is 3. The summed E-state index contributed by atoms with van der Waals surface area (Å²) in [6.07, 6.45) is 2.01. The van der Waals surface area contributed by atoms with E-state index in [4.69, 9.17) is 0 Å². The van der Waals surface area contributed by atoms with Crippen LogP contribution in [-0.2, 0) is 11.3 Å². The van der Waals surface area contributed by atoms with Crippen molar-refractivity contribution in [1.29, 1.82) is 0 Å². The van der Waals surface area contributed by atoms with Gasteiger partial charge in [0.2, 0.25) is 5.91 Å². The second-order valence-electron chi connectivity index (χ2n) is 7.67. The number of aryl methyl sites for hydroxylation is 1. The molecule has 0 atom stereocenters. The van der Waals surface area contributed by atoms with Crippen LogP contribution in [0.3, 0.4) is 0 Å². The van der Waals surface area contributed by atoms with E-state index in [1.807, 2.05) is 61.7 Å². The number of benzene rings is 3. The zero-order valence-corrected chi connectivity index (χ0v) is 19.0. The highest BCUT2D eigenvalue weighted by molar-refractivity contribution is 8.00. The standard InChI is InChI=1S/C26H24FN3O2S/c1-18-5-4-6-21(15-18)29-25(31)17-33-24-16-30(23-8-3-2-7-22(23)24)14-13-28-26(32)19-9-11-20(27)12-10-19/h2-12,15-16H,13-14,17H2,1H3,(H,28,32)(H,29,31). The number of para-hydroxylation sites is 1. The van der Waals surface area contributed by atoms with E-state index in [1.54, 1.807) is 0 Å². The molecule has 7 heteroatoms. The lowest BCUT2D eigenvalue weighted by Crippen LogP contribution is -2.27. The zero-order chi connectivity index (χ0) is 23.2. The highest BCUT2D eigenvalue weighted by Gasteiger charge is 2.12. The van der Waals surface area contributed by atoms with Gasteiger partial charge in [-0.25, -0.2) is 4.39 Å². The van der Waals surface area contributed by atoms with Crippen molar-refractivity contribution in [3.05, 3.63) is 95.9 Å². The minimum Gasteiger partial charge on any atom is -0.350 e. The Labute approximate surface area is 196 Å². The predicted octanol–water partition coefficient (Wildman–Crippen LogP) is 5.25. The van der Waals surface area contributed by atoms with Crippen molar-refractivity contribution in [2.75, 3.05) is 17.6 Å². The van der Waals surface area contributed by atoms with E-state index in [0.717, 1.165) is 27.0 Å². The van der Waals surface area contributed by atoms with Gasteiger partial charge in [0.15, 0.2) is 0 Å². The molecule has 0 radical (unpaired) electrons. The van der Waals surface area contributed by atoms with Gasteiger partial charge in [0.05, 0.1) is 5.75 Å². The average Bonchev–Trinajstić information content (AvgIpc) is 3.16. The molecule has 0 aliphatic heterocycles. The van der Waals surface area contributed by atoms with Crippen molar-refractivity contribution in [3.63, 3.8) is 0 Å². The fourth-order valence-corrected chi connectivity index (χ4v) is 4.46. The number of thioether (sulfide) groups is 1. The largest absolute Gasteiger partial charge is 0.350 e. The molecule has 0 spiro atoms. The molecule has 33 heavy (non-hydrogen) atoms. The number of rotatable bonds is 8. The molecule has 2 amide bonds. The summed E-state index contributed by atoms with van der Waals surface area (Å²) < 4.78 is 15.1. The van der Waals surface area contributed by atoms with Crippen LogP contribution < -0.4 is 10.6 Å². The summed E-state index contributed by atoms with van der Waals surface area (Å²) in [5.74, 6) is -0.380. The van der Waals surface area contributed by atoms with Crippen LogP contribution in [-0.4, -0.2) is 28.7 Å². The topological polar surface area (TPSA) is 63.1 Å². The van der Waals surface area contributed by atoms with Gasteiger partial charge in [-0.05, 0) is 55.0 Å². The Kier molecular flexibility index (Phi) is 7.10. The maximum atomic E-state index is 13.0. The van der Waals surface area contributed by atoms with Gasteiger partial charge in [-0.2, -0.15) is 0 Å². The molecule has 0 unspecified atom stereocenters. The van der Waals surface area contributed by atoms with E-state index in [-0.39, 0.29) is 17.6 Å². The maximum absolute atomic E-state index is 13.0. The number of carbonyl (C=O) groups is 2. The van der Waals surface area contributed by atoms with E-state index in [1.165, 1.54) is 36.0 Å². The molecule has 0 aliphatic carbocycles. The van der Waals surface area contributed by atoms with E-state index < -0.39 is 0 Å². The van der Waals surface area contributed by atoms with Gasteiger partial charge in [-0.3, -0.25) is 9.59 Å². The lowest BCUT2D eigenvalue weighted by Gasteiger charge is -2.07. The Morgan fingerprint density at radius 3 is 2.58 bits per heavy atom. The fourth-order valence-electron chi connectivity index (χ4n) is 3.57. The van der Waals surface area contributed by atoms with Crippen LogP contribution in [0.2, 0.25) is 0 Å². The van der Waals surface area contributed by atoms with Crippen LogP contribution in [0.4, 0.5) is 10.1 Å². The monoisotopic (exact) mass is 461 g/mol. The third kappa shape index (κ3) is 5.81. The van der Waals surface area contributed by atoms with E-state index in [0.29, 0.717) is 24.4 Å². The maximum Gasteiger partial charge on any atom is 0.251 e. The van der Waals surface area contributed by atoms with Crippen LogP contribution in [0.25, 0.3) is 10.9 Å². The first-order chi connectivity index (χ1) is 16.0. The number of halogens is 1. The molecule has 168 valence electrons. The Morgan fingerprint density at radius 1 is 1.00 bits per heavy atom. The molecule has 0 saturated carbocycles. The zero-order valence-electron chi connectivity index (χ0n) is 18.2. The highest BCUT2D eigenvalue weighted by atomic mass is 32.2.